The molecule has 2 unspecified atom stereocenters. The van der Waals surface area contributed by atoms with Gasteiger partial charge in [-0.3, -0.25) is 37.3 Å². The Morgan fingerprint density at radius 3 is 0.840 bits per heavy atom. The van der Waals surface area contributed by atoms with Gasteiger partial charge in [0.25, 0.3) is 0 Å². The third-order valence-corrected chi connectivity index (χ3v) is 16.0. The number of phosphoric acid groups is 2. The van der Waals surface area contributed by atoms with Gasteiger partial charge in [0.15, 0.2) is 12.2 Å². The minimum Gasteiger partial charge on any atom is -0.462 e. The third kappa shape index (κ3) is 56.9. The van der Waals surface area contributed by atoms with E-state index in [4.69, 9.17) is 37.0 Å². The molecule has 0 aromatic carbocycles. The SMILES string of the molecule is CCCCCCCCCCCCC(=O)O[C@H](COC(=O)CCCCCCCCC(C)C)COP(=O)(O)OC[C@H](O)COP(=O)(O)OC[C@@H](COC(=O)CCCCCCCCCCC(C)C)OC(=O)CCCCCCCCCCC(C)C. The number of hydrogen-bond donors (Lipinski definition) is 3. The zero-order valence-corrected chi connectivity index (χ0v) is 54.0. The molecule has 0 radical (unpaired) electrons. The maximum absolute atomic E-state index is 12.9. The lowest BCUT2D eigenvalue weighted by atomic mass is 10.0. The van der Waals surface area contributed by atoms with Crippen LogP contribution in [0, 0.1) is 17.8 Å². The van der Waals surface area contributed by atoms with E-state index in [0.29, 0.717) is 31.6 Å². The number of aliphatic hydroxyl groups excluding tert-OH is 1. The minimum atomic E-state index is -4.94. The topological polar surface area (TPSA) is 237 Å². The maximum atomic E-state index is 12.9. The van der Waals surface area contributed by atoms with Crippen LogP contribution >= 0.6 is 15.6 Å². The molecule has 0 saturated heterocycles. The molecule has 0 aliphatic rings. The van der Waals surface area contributed by atoms with Crippen molar-refractivity contribution in [1.29, 1.82) is 0 Å². The molecule has 0 heterocycles. The predicted octanol–water partition coefficient (Wildman–Crippen LogP) is 16.7. The van der Waals surface area contributed by atoms with Crippen LogP contribution in [0.3, 0.4) is 0 Å². The Morgan fingerprint density at radius 1 is 0.333 bits per heavy atom. The fourth-order valence-electron chi connectivity index (χ4n) is 9.13. The number of ether oxygens (including phenoxy) is 4. The highest BCUT2D eigenvalue weighted by molar-refractivity contribution is 7.47. The van der Waals surface area contributed by atoms with Gasteiger partial charge in [-0.25, -0.2) is 9.13 Å². The van der Waals surface area contributed by atoms with Crippen molar-refractivity contribution in [2.45, 2.75) is 317 Å². The Labute approximate surface area is 492 Å². The average Bonchev–Trinajstić information content (AvgIpc) is 3.41. The summed E-state index contributed by atoms with van der Waals surface area (Å²) in [6.07, 6.45) is 33.6. The molecule has 0 aromatic heterocycles. The second-order valence-electron chi connectivity index (χ2n) is 23.9. The van der Waals surface area contributed by atoms with E-state index in [1.165, 1.54) is 103 Å². The van der Waals surface area contributed by atoms with Gasteiger partial charge >= 0.3 is 39.5 Å². The van der Waals surface area contributed by atoms with Gasteiger partial charge in [-0.1, -0.05) is 248 Å². The first-order chi connectivity index (χ1) is 38.7. The van der Waals surface area contributed by atoms with Crippen molar-refractivity contribution in [2.24, 2.45) is 17.8 Å². The van der Waals surface area contributed by atoms with E-state index in [9.17, 15) is 43.2 Å². The highest BCUT2D eigenvalue weighted by atomic mass is 31.2. The lowest BCUT2D eigenvalue weighted by Crippen LogP contribution is -2.30. The molecule has 0 aliphatic heterocycles. The summed E-state index contributed by atoms with van der Waals surface area (Å²) in [4.78, 5) is 72.1. The molecular formula is C62H120O17P2. The molecule has 0 bridgehead atoms. The molecule has 0 amide bonds. The first-order valence-electron chi connectivity index (χ1n) is 32.3. The summed E-state index contributed by atoms with van der Waals surface area (Å²) in [6, 6.07) is 0. The number of aliphatic hydroxyl groups is 1. The molecule has 0 rings (SSSR count). The highest BCUT2D eigenvalue weighted by Gasteiger charge is 2.30. The normalized spacial score (nSPS) is 14.4. The Bertz CT molecular complexity index is 1610. The molecule has 0 aromatic rings. The van der Waals surface area contributed by atoms with Crippen LogP contribution in [0.5, 0.6) is 0 Å². The van der Waals surface area contributed by atoms with Crippen LogP contribution in [-0.2, 0) is 65.4 Å². The number of unbranched alkanes of at least 4 members (excludes halogenated alkanes) is 28. The monoisotopic (exact) mass is 1200 g/mol. The summed E-state index contributed by atoms with van der Waals surface area (Å²) in [7, 11) is -9.88. The van der Waals surface area contributed by atoms with Gasteiger partial charge in [0.2, 0.25) is 0 Å². The Hall–Kier alpha value is -1.94. The lowest BCUT2D eigenvalue weighted by molar-refractivity contribution is -0.161. The molecular weight excluding hydrogens is 1080 g/mol. The molecule has 19 heteroatoms. The molecule has 0 fully saturated rings. The minimum absolute atomic E-state index is 0.103. The number of esters is 4. The van der Waals surface area contributed by atoms with E-state index in [-0.39, 0.29) is 25.7 Å². The van der Waals surface area contributed by atoms with Crippen molar-refractivity contribution < 1.29 is 80.2 Å². The Morgan fingerprint density at radius 2 is 0.568 bits per heavy atom. The summed E-state index contributed by atoms with van der Waals surface area (Å²) in [5, 5.41) is 10.5. The average molecular weight is 1200 g/mol. The van der Waals surface area contributed by atoms with Crippen molar-refractivity contribution in [3.05, 3.63) is 0 Å². The quantitative estimate of drug-likeness (QED) is 0.0222. The summed E-state index contributed by atoms with van der Waals surface area (Å²) in [5.74, 6) is -0.0176. The second kappa shape index (κ2) is 53.5. The summed E-state index contributed by atoms with van der Waals surface area (Å²) in [5.41, 5.74) is 0. The third-order valence-electron chi connectivity index (χ3n) is 14.1. The van der Waals surface area contributed by atoms with E-state index in [0.717, 1.165) is 108 Å². The molecule has 480 valence electrons. The van der Waals surface area contributed by atoms with Crippen LogP contribution in [0.25, 0.3) is 0 Å². The van der Waals surface area contributed by atoms with Crippen LogP contribution in [0.15, 0.2) is 0 Å². The molecule has 0 saturated carbocycles. The fraction of sp³-hybridized carbons (Fsp3) is 0.935. The zero-order chi connectivity index (χ0) is 60.3. The maximum Gasteiger partial charge on any atom is 0.472 e. The smallest absolute Gasteiger partial charge is 0.462 e. The van der Waals surface area contributed by atoms with Gasteiger partial charge in [0.05, 0.1) is 26.4 Å². The molecule has 81 heavy (non-hydrogen) atoms. The second-order valence-corrected chi connectivity index (χ2v) is 26.8. The van der Waals surface area contributed by atoms with Gasteiger partial charge in [0, 0.05) is 25.7 Å². The van der Waals surface area contributed by atoms with Crippen LogP contribution in [0.4, 0.5) is 0 Å². The first kappa shape index (κ1) is 79.1. The van der Waals surface area contributed by atoms with E-state index in [1.807, 2.05) is 0 Å². The van der Waals surface area contributed by atoms with Crippen LogP contribution in [0.2, 0.25) is 0 Å². The summed E-state index contributed by atoms with van der Waals surface area (Å²) in [6.45, 7) is 11.6. The molecule has 0 aliphatic carbocycles. The number of phosphoric ester groups is 2. The number of rotatable bonds is 60. The van der Waals surface area contributed by atoms with Crippen molar-refractivity contribution in [1.82, 2.24) is 0 Å². The Kier molecular flexibility index (Phi) is 52.2. The number of carbonyl (C=O) groups excluding carboxylic acids is 4. The molecule has 5 atom stereocenters. The number of carbonyl (C=O) groups is 4. The van der Waals surface area contributed by atoms with Crippen molar-refractivity contribution in [3.63, 3.8) is 0 Å². The summed E-state index contributed by atoms with van der Waals surface area (Å²) >= 11 is 0. The highest BCUT2D eigenvalue weighted by Crippen LogP contribution is 2.45. The van der Waals surface area contributed by atoms with E-state index < -0.39 is 97.5 Å². The fourth-order valence-corrected chi connectivity index (χ4v) is 10.7. The predicted molar refractivity (Wildman–Crippen MR) is 321 cm³/mol. The van der Waals surface area contributed by atoms with Gasteiger partial charge in [-0.05, 0) is 43.4 Å². The van der Waals surface area contributed by atoms with E-state index in [1.54, 1.807) is 0 Å². The van der Waals surface area contributed by atoms with Gasteiger partial charge in [0.1, 0.15) is 19.3 Å². The van der Waals surface area contributed by atoms with Crippen LogP contribution < -0.4 is 0 Å². The van der Waals surface area contributed by atoms with Crippen molar-refractivity contribution in [2.75, 3.05) is 39.6 Å². The molecule has 3 N–H and O–H groups in total. The van der Waals surface area contributed by atoms with Crippen LogP contribution in [0.1, 0.15) is 299 Å². The Balaban J connectivity index is 5.24. The van der Waals surface area contributed by atoms with Crippen molar-refractivity contribution >= 4 is 39.5 Å². The molecule has 17 nitrogen and oxygen atoms in total. The number of hydrogen-bond acceptors (Lipinski definition) is 15. The largest absolute Gasteiger partial charge is 0.472 e. The lowest BCUT2D eigenvalue weighted by Gasteiger charge is -2.21. The van der Waals surface area contributed by atoms with E-state index in [2.05, 4.69) is 48.5 Å². The van der Waals surface area contributed by atoms with Gasteiger partial charge < -0.3 is 33.8 Å². The molecule has 0 spiro atoms. The van der Waals surface area contributed by atoms with E-state index >= 15 is 0 Å². The van der Waals surface area contributed by atoms with Gasteiger partial charge in [-0.15, -0.1) is 0 Å². The van der Waals surface area contributed by atoms with Crippen LogP contribution in [-0.4, -0.2) is 96.7 Å². The standard InChI is InChI=1S/C62H120O17P2/c1-8-9-10-11-12-13-14-22-31-38-45-61(66)78-58(50-73-60(65)44-37-30-25-24-28-35-42-55(6)7)52-77-81(70,71)75-48-56(63)47-74-80(68,69)76-51-57(79-62(67)46-39-32-23-18-16-20-27-34-41-54(4)5)49-72-59(64)43-36-29-21-17-15-19-26-33-40-53(2)3/h53-58,63H,8-52H2,1-7H3,(H,68,69)(H,70,71)/t56-,57-,58-/m1/s1. The van der Waals surface area contributed by atoms with Crippen molar-refractivity contribution in [3.8, 4) is 0 Å². The summed E-state index contributed by atoms with van der Waals surface area (Å²) < 4.78 is 67.9. The zero-order valence-electron chi connectivity index (χ0n) is 52.2. The van der Waals surface area contributed by atoms with Gasteiger partial charge in [-0.2, -0.15) is 0 Å². The first-order valence-corrected chi connectivity index (χ1v) is 35.3.